The van der Waals surface area contributed by atoms with Crippen LogP contribution in [0.1, 0.15) is 26.2 Å². The maximum atomic E-state index is 11.0. The number of anilines is 1. The molecule has 0 aliphatic heterocycles. The first-order chi connectivity index (χ1) is 10.2. The topological polar surface area (TPSA) is 71.5 Å². The molecule has 0 bridgehead atoms. The number of fused-ring (bicyclic) bond motifs is 1. The zero-order valence-corrected chi connectivity index (χ0v) is 12.3. The van der Waals surface area contributed by atoms with Gasteiger partial charge in [-0.05, 0) is 18.6 Å². The van der Waals surface area contributed by atoms with Crippen LogP contribution in [-0.4, -0.2) is 29.2 Å². The molecule has 0 saturated carbocycles. The molecule has 21 heavy (non-hydrogen) atoms. The molecular weight excluding hydrogens is 268 g/mol. The Balaban J connectivity index is 2.34. The van der Waals surface area contributed by atoms with Crippen molar-refractivity contribution in [1.82, 2.24) is 4.98 Å². The Hall–Kier alpha value is -2.30. The summed E-state index contributed by atoms with van der Waals surface area (Å²) in [4.78, 5) is 15.3. The highest BCUT2D eigenvalue weighted by Crippen LogP contribution is 2.29. The van der Waals surface area contributed by atoms with Crippen LogP contribution < -0.4 is 10.1 Å². The van der Waals surface area contributed by atoms with Gasteiger partial charge < -0.3 is 15.2 Å². The predicted molar refractivity (Wildman–Crippen MR) is 82.9 cm³/mol. The van der Waals surface area contributed by atoms with Gasteiger partial charge in [0, 0.05) is 23.0 Å². The summed E-state index contributed by atoms with van der Waals surface area (Å²) in [5, 5.41) is 14.2. The number of carboxylic acids is 1. The molecule has 5 nitrogen and oxygen atoms in total. The molecule has 1 heterocycles. The van der Waals surface area contributed by atoms with E-state index >= 15 is 0 Å². The number of aromatic nitrogens is 1. The lowest BCUT2D eigenvalue weighted by Gasteiger charge is -2.18. The molecule has 0 spiro atoms. The molecule has 112 valence electrons. The van der Waals surface area contributed by atoms with Crippen LogP contribution in [0.2, 0.25) is 0 Å². The molecule has 1 aromatic heterocycles. The van der Waals surface area contributed by atoms with Gasteiger partial charge >= 0.3 is 5.97 Å². The number of hydrogen-bond acceptors (Lipinski definition) is 4. The Morgan fingerprint density at radius 3 is 2.86 bits per heavy atom. The summed E-state index contributed by atoms with van der Waals surface area (Å²) in [6.07, 6.45) is 3.49. The molecule has 2 N–H and O–H groups in total. The first-order valence-corrected chi connectivity index (χ1v) is 7.05. The van der Waals surface area contributed by atoms with Gasteiger partial charge in [0.2, 0.25) is 0 Å². The number of carbonyl (C=O) groups is 1. The average molecular weight is 288 g/mol. The zero-order valence-electron chi connectivity index (χ0n) is 12.3. The molecule has 0 amide bonds. The number of benzene rings is 1. The fourth-order valence-electron chi connectivity index (χ4n) is 2.45. The second-order valence-corrected chi connectivity index (χ2v) is 4.94. The number of rotatable bonds is 7. The van der Waals surface area contributed by atoms with E-state index in [4.69, 9.17) is 9.84 Å². The average Bonchev–Trinajstić information content (AvgIpc) is 2.46. The molecule has 1 aromatic carbocycles. The normalized spacial score (nSPS) is 12.1. The van der Waals surface area contributed by atoms with E-state index in [9.17, 15) is 4.79 Å². The lowest BCUT2D eigenvalue weighted by Crippen LogP contribution is -2.23. The molecule has 0 fully saturated rings. The number of aliphatic carboxylic acids is 1. The van der Waals surface area contributed by atoms with Crippen LogP contribution in [0.5, 0.6) is 5.75 Å². The van der Waals surface area contributed by atoms with Crippen molar-refractivity contribution < 1.29 is 14.6 Å². The third-order valence-electron chi connectivity index (χ3n) is 3.38. The van der Waals surface area contributed by atoms with Gasteiger partial charge in [-0.2, -0.15) is 0 Å². The van der Waals surface area contributed by atoms with E-state index in [-0.39, 0.29) is 12.5 Å². The van der Waals surface area contributed by atoms with Gasteiger partial charge in [0.1, 0.15) is 11.6 Å². The second-order valence-electron chi connectivity index (χ2n) is 4.94. The summed E-state index contributed by atoms with van der Waals surface area (Å²) in [5.74, 6) is 0.674. The van der Waals surface area contributed by atoms with Crippen molar-refractivity contribution in [3.63, 3.8) is 0 Å². The highest BCUT2D eigenvalue weighted by Gasteiger charge is 2.14. The van der Waals surface area contributed by atoms with Crippen LogP contribution in [0.3, 0.4) is 0 Å². The van der Waals surface area contributed by atoms with Crippen LogP contribution in [0.25, 0.3) is 10.8 Å². The van der Waals surface area contributed by atoms with Gasteiger partial charge in [-0.25, -0.2) is 4.98 Å². The Morgan fingerprint density at radius 1 is 1.38 bits per heavy atom. The Bertz CT molecular complexity index is 628. The number of nitrogens with one attached hydrogen (secondary N) is 1. The van der Waals surface area contributed by atoms with Crippen molar-refractivity contribution in [2.75, 3.05) is 12.4 Å². The number of pyridine rings is 1. The first kappa shape index (κ1) is 15.1. The largest absolute Gasteiger partial charge is 0.496 e. The second kappa shape index (κ2) is 6.92. The number of ether oxygens (including phenoxy) is 1. The van der Waals surface area contributed by atoms with Crippen LogP contribution in [0.15, 0.2) is 30.5 Å². The predicted octanol–water partition coefficient (Wildman–Crippen LogP) is 3.30. The van der Waals surface area contributed by atoms with E-state index < -0.39 is 5.97 Å². The minimum absolute atomic E-state index is 0.0792. The van der Waals surface area contributed by atoms with Crippen molar-refractivity contribution in [3.8, 4) is 5.75 Å². The molecular formula is C16H20N2O3. The zero-order chi connectivity index (χ0) is 15.2. The van der Waals surface area contributed by atoms with Crippen molar-refractivity contribution in [2.24, 2.45) is 0 Å². The Labute approximate surface area is 124 Å². The van der Waals surface area contributed by atoms with E-state index in [2.05, 4.69) is 10.3 Å². The van der Waals surface area contributed by atoms with Gasteiger partial charge in [-0.15, -0.1) is 0 Å². The van der Waals surface area contributed by atoms with Gasteiger partial charge in [0.15, 0.2) is 0 Å². The fraction of sp³-hybridized carbons (Fsp3) is 0.375. The molecule has 0 aliphatic rings. The Kier molecular flexibility index (Phi) is 4.98. The van der Waals surface area contributed by atoms with E-state index in [0.717, 1.165) is 29.4 Å². The van der Waals surface area contributed by atoms with Crippen molar-refractivity contribution in [2.45, 2.75) is 32.2 Å². The van der Waals surface area contributed by atoms with Gasteiger partial charge in [0.25, 0.3) is 0 Å². The SMILES string of the molecule is CCCC(CC(=O)O)Nc1nccc2c(OC)cccc12. The molecule has 0 radical (unpaired) electrons. The summed E-state index contributed by atoms with van der Waals surface area (Å²) in [7, 11) is 1.63. The van der Waals surface area contributed by atoms with Crippen LogP contribution in [0, 0.1) is 0 Å². The van der Waals surface area contributed by atoms with Crippen molar-refractivity contribution >= 4 is 22.6 Å². The van der Waals surface area contributed by atoms with Gasteiger partial charge in [-0.3, -0.25) is 4.79 Å². The van der Waals surface area contributed by atoms with Crippen LogP contribution in [0.4, 0.5) is 5.82 Å². The smallest absolute Gasteiger partial charge is 0.305 e. The lowest BCUT2D eigenvalue weighted by atomic mass is 10.1. The first-order valence-electron chi connectivity index (χ1n) is 7.05. The summed E-state index contributed by atoms with van der Waals surface area (Å²) < 4.78 is 5.35. The third-order valence-corrected chi connectivity index (χ3v) is 3.38. The molecule has 2 rings (SSSR count). The summed E-state index contributed by atoms with van der Waals surface area (Å²) >= 11 is 0. The van der Waals surface area contributed by atoms with Gasteiger partial charge in [-0.1, -0.05) is 25.5 Å². The highest BCUT2D eigenvalue weighted by molar-refractivity contribution is 5.96. The molecule has 0 aliphatic carbocycles. The number of carboxylic acid groups (broad SMARTS) is 1. The minimum Gasteiger partial charge on any atom is -0.496 e. The van der Waals surface area contributed by atoms with Crippen LogP contribution in [-0.2, 0) is 4.79 Å². The van der Waals surface area contributed by atoms with E-state index in [1.54, 1.807) is 13.3 Å². The van der Waals surface area contributed by atoms with E-state index in [1.807, 2.05) is 31.2 Å². The number of hydrogen-bond donors (Lipinski definition) is 2. The molecule has 5 heteroatoms. The summed E-state index contributed by atoms with van der Waals surface area (Å²) in [5.41, 5.74) is 0. The summed E-state index contributed by atoms with van der Waals surface area (Å²) in [6.45, 7) is 2.04. The Morgan fingerprint density at radius 2 is 2.19 bits per heavy atom. The third kappa shape index (κ3) is 3.62. The van der Waals surface area contributed by atoms with E-state index in [1.165, 1.54) is 0 Å². The molecule has 0 saturated heterocycles. The number of methoxy groups -OCH3 is 1. The summed E-state index contributed by atoms with van der Waals surface area (Å²) in [6, 6.07) is 7.52. The monoisotopic (exact) mass is 288 g/mol. The maximum Gasteiger partial charge on any atom is 0.305 e. The molecule has 1 atom stereocenters. The van der Waals surface area contributed by atoms with Gasteiger partial charge in [0.05, 0.1) is 13.5 Å². The van der Waals surface area contributed by atoms with E-state index in [0.29, 0.717) is 5.82 Å². The molecule has 1 unspecified atom stereocenters. The van der Waals surface area contributed by atoms with Crippen LogP contribution >= 0.6 is 0 Å². The maximum absolute atomic E-state index is 11.0. The fourth-order valence-corrected chi connectivity index (χ4v) is 2.45. The molecule has 2 aromatic rings. The van der Waals surface area contributed by atoms with Crippen molar-refractivity contribution in [1.29, 1.82) is 0 Å². The highest BCUT2D eigenvalue weighted by atomic mass is 16.5. The quantitative estimate of drug-likeness (QED) is 0.818. The minimum atomic E-state index is -0.807. The number of nitrogens with zero attached hydrogens (tertiary/aromatic N) is 1. The lowest BCUT2D eigenvalue weighted by molar-refractivity contribution is -0.137. The standard InChI is InChI=1S/C16H20N2O3/c1-3-5-11(10-15(19)20)18-16-13-6-4-7-14(21-2)12(13)8-9-17-16/h4,6-9,11H,3,5,10H2,1-2H3,(H,17,18)(H,19,20). The van der Waals surface area contributed by atoms with Crippen molar-refractivity contribution in [3.05, 3.63) is 30.5 Å².